The number of hydrogen-bond donors (Lipinski definition) is 3. The van der Waals surface area contributed by atoms with Crippen molar-refractivity contribution in [1.82, 2.24) is 0 Å². The van der Waals surface area contributed by atoms with Gasteiger partial charge in [-0.3, -0.25) is 4.79 Å². The number of ketones is 1. The summed E-state index contributed by atoms with van der Waals surface area (Å²) in [5.74, 6) is -5.38. The Balaban J connectivity index is 1.52. The topological polar surface area (TPSA) is 113 Å². The molecule has 1 saturated heterocycles. The van der Waals surface area contributed by atoms with Crippen LogP contribution in [0.2, 0.25) is 0 Å². The van der Waals surface area contributed by atoms with Gasteiger partial charge in [0.2, 0.25) is 5.79 Å². The van der Waals surface area contributed by atoms with Crippen molar-refractivity contribution in [3.63, 3.8) is 0 Å². The maximum atomic E-state index is 13.5. The molecule has 3 unspecified atom stereocenters. The van der Waals surface area contributed by atoms with Crippen LogP contribution in [0.5, 0.6) is 0 Å². The van der Waals surface area contributed by atoms with Crippen LogP contribution in [0.25, 0.3) is 0 Å². The fourth-order valence-electron chi connectivity index (χ4n) is 9.56. The van der Waals surface area contributed by atoms with Crippen LogP contribution in [-0.2, 0) is 19.1 Å². The molecule has 36 heavy (non-hydrogen) atoms. The number of esters is 1. The highest BCUT2D eigenvalue weighted by Gasteiger charge is 2.82. The highest BCUT2D eigenvalue weighted by atomic mass is 35.5. The normalized spacial score (nSPS) is 57.9. The Kier molecular flexibility index (Phi) is 4.89. The molecule has 0 bridgehead atoms. The summed E-state index contributed by atoms with van der Waals surface area (Å²) in [5.41, 5.74) is -2.27. The third-order valence-corrected chi connectivity index (χ3v) is 12.9. The predicted octanol–water partition coefficient (Wildman–Crippen LogP) is 3.38. The molecule has 4 fully saturated rings. The molecule has 6 aliphatic rings. The minimum absolute atomic E-state index is 0.0536. The van der Waals surface area contributed by atoms with Crippen LogP contribution in [0.1, 0.15) is 73.1 Å². The van der Waals surface area contributed by atoms with Gasteiger partial charge < -0.3 is 24.8 Å². The lowest BCUT2D eigenvalue weighted by Gasteiger charge is -2.71. The quantitative estimate of drug-likeness (QED) is 0.331. The molecule has 2 heterocycles. The summed E-state index contributed by atoms with van der Waals surface area (Å²) in [6.07, 6.45) is 4.43. The van der Waals surface area contributed by atoms with Gasteiger partial charge in [0, 0.05) is 18.4 Å². The third-order valence-electron chi connectivity index (χ3n) is 12.1. The van der Waals surface area contributed by atoms with Gasteiger partial charge in [0.1, 0.15) is 0 Å². The van der Waals surface area contributed by atoms with Gasteiger partial charge in [0.05, 0.1) is 33.3 Å². The second kappa shape index (κ2) is 7.03. The average Bonchev–Trinajstić information content (AvgIpc) is 3.09. The molecular formula is C28H37ClO7. The van der Waals surface area contributed by atoms with Crippen LogP contribution >= 0.6 is 11.6 Å². The van der Waals surface area contributed by atoms with Crippen molar-refractivity contribution < 1.29 is 34.4 Å². The van der Waals surface area contributed by atoms with Gasteiger partial charge in [0.25, 0.3) is 0 Å². The number of carbonyl (C=O) groups excluding carboxylic acids is 2. The average molecular weight is 521 g/mol. The summed E-state index contributed by atoms with van der Waals surface area (Å²) < 4.78 is 12.5. The maximum absolute atomic E-state index is 13.5. The summed E-state index contributed by atoms with van der Waals surface area (Å²) in [6, 6.07) is 0. The van der Waals surface area contributed by atoms with E-state index < -0.39 is 50.9 Å². The lowest BCUT2D eigenvalue weighted by molar-refractivity contribution is -0.471. The van der Waals surface area contributed by atoms with E-state index in [4.69, 9.17) is 21.1 Å². The number of alkyl halides is 1. The standard InChI is InChI=1S/C28H37ClO7/c1-14-12-27(35-22(32)15(14)2)16(3)26(33)10-8-18-17-11-21(31)25(29)9-6-7-20(30)23(25,4)19(17)13-28(34,36-27)24(18,26)5/h6-7,16-19,21,31,33-34H,8-13H2,1-5H3/t16-,17?,18?,19?,21+,23-,24-,25-,26+,27+,28-/m0/s1. The molecule has 8 heteroatoms. The van der Waals surface area contributed by atoms with E-state index in [0.29, 0.717) is 31.3 Å². The zero-order chi connectivity index (χ0) is 26.3. The number of allylic oxidation sites excluding steroid dienone is 2. The lowest BCUT2D eigenvalue weighted by Crippen LogP contribution is -2.79. The van der Waals surface area contributed by atoms with Crippen molar-refractivity contribution in [2.75, 3.05) is 0 Å². The first-order chi connectivity index (χ1) is 16.6. The SMILES string of the molecule is CC1=C(C)C(=O)O[C@]2(C1)O[C@@]1(O)CC3C(C[C@@H](O)[C@@]4(Cl)CC=CC(=O)[C@]34C)C3CC[C@@](O)([C@@H]2C)[C@]31C. The largest absolute Gasteiger partial charge is 0.429 e. The molecule has 0 aromatic carbocycles. The van der Waals surface area contributed by atoms with Crippen LogP contribution < -0.4 is 0 Å². The molecule has 7 nitrogen and oxygen atoms in total. The summed E-state index contributed by atoms with van der Waals surface area (Å²) in [7, 11) is 0. The number of rotatable bonds is 0. The smallest absolute Gasteiger partial charge is 0.336 e. The number of carbonyl (C=O) groups is 2. The van der Waals surface area contributed by atoms with Gasteiger partial charge in [-0.05, 0) is 63.4 Å². The van der Waals surface area contributed by atoms with Gasteiger partial charge in [-0.15, -0.1) is 11.6 Å². The van der Waals surface area contributed by atoms with E-state index in [9.17, 15) is 24.9 Å². The number of ether oxygens (including phenoxy) is 2. The molecule has 4 aliphatic carbocycles. The van der Waals surface area contributed by atoms with E-state index in [1.807, 2.05) is 27.7 Å². The lowest BCUT2D eigenvalue weighted by atomic mass is 9.41. The molecule has 198 valence electrons. The Morgan fingerprint density at radius 2 is 1.83 bits per heavy atom. The van der Waals surface area contributed by atoms with E-state index in [1.165, 1.54) is 0 Å². The van der Waals surface area contributed by atoms with E-state index in [-0.39, 0.29) is 36.4 Å². The van der Waals surface area contributed by atoms with Crippen LogP contribution in [0, 0.1) is 34.5 Å². The highest BCUT2D eigenvalue weighted by molar-refractivity contribution is 6.28. The fourth-order valence-corrected chi connectivity index (χ4v) is 9.97. The highest BCUT2D eigenvalue weighted by Crippen LogP contribution is 2.75. The Hall–Kier alpha value is -1.25. The molecule has 2 aliphatic heterocycles. The van der Waals surface area contributed by atoms with Crippen molar-refractivity contribution in [2.45, 2.75) is 101 Å². The van der Waals surface area contributed by atoms with E-state index in [2.05, 4.69) is 0 Å². The molecule has 3 saturated carbocycles. The first-order valence-corrected chi connectivity index (χ1v) is 13.6. The first kappa shape index (κ1) is 25.1. The molecule has 11 atom stereocenters. The molecule has 0 aromatic rings. The van der Waals surface area contributed by atoms with Crippen molar-refractivity contribution >= 4 is 23.4 Å². The summed E-state index contributed by atoms with van der Waals surface area (Å²) in [5, 5.41) is 36.3. The second-order valence-corrected chi connectivity index (χ2v) is 13.6. The molecular weight excluding hydrogens is 484 g/mol. The van der Waals surface area contributed by atoms with Gasteiger partial charge >= 0.3 is 5.97 Å². The number of halogens is 1. The van der Waals surface area contributed by atoms with Crippen LogP contribution in [0.4, 0.5) is 0 Å². The molecule has 0 radical (unpaired) electrons. The maximum Gasteiger partial charge on any atom is 0.336 e. The van der Waals surface area contributed by atoms with Crippen LogP contribution in [0.15, 0.2) is 23.3 Å². The Morgan fingerprint density at radius 3 is 2.50 bits per heavy atom. The Bertz CT molecular complexity index is 1130. The Labute approximate surface area is 216 Å². The second-order valence-electron chi connectivity index (χ2n) is 12.9. The van der Waals surface area contributed by atoms with Crippen molar-refractivity contribution in [3.05, 3.63) is 23.3 Å². The van der Waals surface area contributed by atoms with Crippen molar-refractivity contribution in [2.24, 2.45) is 34.5 Å². The first-order valence-electron chi connectivity index (χ1n) is 13.2. The number of aliphatic hydroxyl groups excluding tert-OH is 1. The van der Waals surface area contributed by atoms with Gasteiger partial charge in [-0.25, -0.2) is 4.79 Å². The summed E-state index contributed by atoms with van der Waals surface area (Å²) in [4.78, 5) is 25.2. The van der Waals surface area contributed by atoms with E-state index >= 15 is 0 Å². The monoisotopic (exact) mass is 520 g/mol. The molecule has 0 aromatic heterocycles. The zero-order valence-electron chi connectivity index (χ0n) is 21.6. The summed E-state index contributed by atoms with van der Waals surface area (Å²) in [6.45, 7) is 9.09. The minimum Gasteiger partial charge on any atom is -0.429 e. The van der Waals surface area contributed by atoms with E-state index in [0.717, 1.165) is 5.57 Å². The molecule has 0 amide bonds. The van der Waals surface area contributed by atoms with E-state index in [1.54, 1.807) is 19.1 Å². The fraction of sp³-hybridized carbons (Fsp3) is 0.786. The van der Waals surface area contributed by atoms with Crippen LogP contribution in [-0.4, -0.2) is 55.2 Å². The van der Waals surface area contributed by atoms with Gasteiger partial charge in [-0.1, -0.05) is 32.4 Å². The third kappa shape index (κ3) is 2.46. The number of aliphatic hydroxyl groups is 3. The Morgan fingerprint density at radius 1 is 1.14 bits per heavy atom. The molecule has 3 N–H and O–H groups in total. The predicted molar refractivity (Wildman–Crippen MR) is 130 cm³/mol. The molecule has 1 spiro atoms. The van der Waals surface area contributed by atoms with Crippen molar-refractivity contribution in [3.8, 4) is 0 Å². The van der Waals surface area contributed by atoms with Gasteiger partial charge in [0.15, 0.2) is 11.6 Å². The molecule has 6 rings (SSSR count). The minimum atomic E-state index is -1.87. The van der Waals surface area contributed by atoms with Gasteiger partial charge in [-0.2, -0.15) is 0 Å². The zero-order valence-corrected chi connectivity index (χ0v) is 22.4. The van der Waals surface area contributed by atoms with Crippen LogP contribution in [0.3, 0.4) is 0 Å². The number of hydrogen-bond acceptors (Lipinski definition) is 7. The van der Waals surface area contributed by atoms with Crippen molar-refractivity contribution in [1.29, 1.82) is 0 Å². The summed E-state index contributed by atoms with van der Waals surface area (Å²) >= 11 is 7.12. The number of fused-ring (bicyclic) bond motifs is 4.